The number of nitrogens with one attached hydrogen (secondary N) is 1. The van der Waals surface area contributed by atoms with Gasteiger partial charge in [0.25, 0.3) is 11.5 Å². The molecular formula is C23H22N4O2. The number of carbonyl (C=O) groups is 1. The first-order chi connectivity index (χ1) is 14.2. The van der Waals surface area contributed by atoms with Crippen molar-refractivity contribution in [1.29, 1.82) is 0 Å². The predicted molar refractivity (Wildman–Crippen MR) is 110 cm³/mol. The molecule has 5 rings (SSSR count). The number of H-pyrrole nitrogens is 1. The fourth-order valence-corrected chi connectivity index (χ4v) is 4.76. The lowest BCUT2D eigenvalue weighted by Gasteiger charge is -2.40. The second-order valence-electron chi connectivity index (χ2n) is 7.96. The fraction of sp³-hybridized carbons (Fsp3) is 0.304. The molecule has 29 heavy (non-hydrogen) atoms. The number of aromatic nitrogens is 3. The van der Waals surface area contributed by atoms with Crippen molar-refractivity contribution in [2.75, 3.05) is 13.1 Å². The molecule has 2 aromatic heterocycles. The summed E-state index contributed by atoms with van der Waals surface area (Å²) in [5.74, 6) is 0.602. The van der Waals surface area contributed by atoms with Gasteiger partial charge in [-0.3, -0.25) is 14.6 Å². The van der Waals surface area contributed by atoms with Crippen LogP contribution in [0, 0.1) is 0 Å². The first-order valence-corrected chi connectivity index (χ1v) is 10.0. The number of pyridine rings is 1. The van der Waals surface area contributed by atoms with Crippen LogP contribution in [0.5, 0.6) is 0 Å². The van der Waals surface area contributed by atoms with Crippen molar-refractivity contribution >= 4 is 5.91 Å². The van der Waals surface area contributed by atoms with Gasteiger partial charge in [0.05, 0.1) is 5.69 Å². The summed E-state index contributed by atoms with van der Waals surface area (Å²) in [7, 11) is 0. The average Bonchev–Trinajstić information content (AvgIpc) is 3.12. The van der Waals surface area contributed by atoms with E-state index < -0.39 is 0 Å². The van der Waals surface area contributed by atoms with Gasteiger partial charge in [-0.05, 0) is 49.9 Å². The zero-order valence-electron chi connectivity index (χ0n) is 16.1. The molecule has 1 spiro atoms. The number of nitrogens with zero attached hydrogens (tertiary/aromatic N) is 3. The molecule has 6 heteroatoms. The third kappa shape index (κ3) is 3.05. The largest absolute Gasteiger partial charge is 0.338 e. The highest BCUT2D eigenvalue weighted by Crippen LogP contribution is 2.43. The molecule has 1 saturated heterocycles. The summed E-state index contributed by atoms with van der Waals surface area (Å²) in [5, 5.41) is 0. The first-order valence-electron chi connectivity index (χ1n) is 10.0. The van der Waals surface area contributed by atoms with Gasteiger partial charge in [-0.2, -0.15) is 0 Å². The number of aromatic amines is 1. The van der Waals surface area contributed by atoms with Crippen molar-refractivity contribution in [2.45, 2.75) is 31.1 Å². The van der Waals surface area contributed by atoms with Crippen molar-refractivity contribution in [3.8, 4) is 11.4 Å². The highest BCUT2D eigenvalue weighted by Gasteiger charge is 2.45. The molecule has 1 N–H and O–H groups in total. The van der Waals surface area contributed by atoms with Crippen LogP contribution in [0.1, 0.15) is 40.9 Å². The number of fused-ring (bicyclic) bond motifs is 2. The summed E-state index contributed by atoms with van der Waals surface area (Å²) in [6.07, 6.45) is 6.82. The second kappa shape index (κ2) is 6.95. The van der Waals surface area contributed by atoms with Gasteiger partial charge in [0.15, 0.2) is 0 Å². The normalized spacial score (nSPS) is 20.6. The van der Waals surface area contributed by atoms with Crippen molar-refractivity contribution in [2.24, 2.45) is 0 Å². The van der Waals surface area contributed by atoms with Gasteiger partial charge in [-0.1, -0.05) is 18.2 Å². The van der Waals surface area contributed by atoms with Gasteiger partial charge in [0.1, 0.15) is 5.82 Å². The Balaban J connectivity index is 1.52. The van der Waals surface area contributed by atoms with Crippen LogP contribution in [0.2, 0.25) is 0 Å². The Labute approximate surface area is 168 Å². The van der Waals surface area contributed by atoms with Gasteiger partial charge in [-0.15, -0.1) is 0 Å². The monoisotopic (exact) mass is 386 g/mol. The lowest BCUT2D eigenvalue weighted by Crippen LogP contribution is -2.48. The van der Waals surface area contributed by atoms with E-state index in [1.807, 2.05) is 47.4 Å². The molecule has 146 valence electrons. The fourth-order valence-electron chi connectivity index (χ4n) is 4.76. The van der Waals surface area contributed by atoms with E-state index in [4.69, 9.17) is 4.98 Å². The van der Waals surface area contributed by atoms with Gasteiger partial charge >= 0.3 is 0 Å². The van der Waals surface area contributed by atoms with E-state index in [1.54, 1.807) is 12.4 Å². The number of hydrogen-bond donors (Lipinski definition) is 1. The summed E-state index contributed by atoms with van der Waals surface area (Å²) >= 11 is 0. The molecule has 1 fully saturated rings. The molecule has 3 aromatic rings. The molecule has 1 aromatic carbocycles. The van der Waals surface area contributed by atoms with Crippen LogP contribution in [-0.2, 0) is 11.8 Å². The SMILES string of the molecule is O=C(c1ccccc1)N1CCCC2(CCc3c2nc(-c2cccnc2)[nH]c3=O)C1. The van der Waals surface area contributed by atoms with Gasteiger partial charge < -0.3 is 9.88 Å². The lowest BCUT2D eigenvalue weighted by molar-refractivity contribution is 0.0633. The van der Waals surface area contributed by atoms with E-state index in [2.05, 4.69) is 9.97 Å². The molecule has 1 aliphatic heterocycles. The zero-order valence-corrected chi connectivity index (χ0v) is 16.1. The minimum absolute atomic E-state index is 0.0513. The molecule has 1 amide bonds. The number of amides is 1. The van der Waals surface area contributed by atoms with Crippen molar-refractivity contribution in [3.05, 3.63) is 82.0 Å². The Kier molecular flexibility index (Phi) is 4.27. The van der Waals surface area contributed by atoms with Gasteiger partial charge in [0, 0.05) is 47.6 Å². The Hall–Kier alpha value is -3.28. The Morgan fingerprint density at radius 1 is 1.10 bits per heavy atom. The molecule has 1 aliphatic carbocycles. The van der Waals surface area contributed by atoms with E-state index >= 15 is 0 Å². The molecule has 2 aliphatic rings. The number of benzene rings is 1. The third-order valence-corrected chi connectivity index (χ3v) is 6.19. The van der Waals surface area contributed by atoms with Crippen LogP contribution >= 0.6 is 0 Å². The summed E-state index contributed by atoms with van der Waals surface area (Å²) in [6.45, 7) is 1.35. The Morgan fingerprint density at radius 3 is 2.76 bits per heavy atom. The average molecular weight is 386 g/mol. The van der Waals surface area contributed by atoms with E-state index in [1.165, 1.54) is 0 Å². The molecule has 1 unspecified atom stereocenters. The molecule has 6 nitrogen and oxygen atoms in total. The number of piperidine rings is 1. The van der Waals surface area contributed by atoms with Crippen LogP contribution in [0.3, 0.4) is 0 Å². The molecule has 0 radical (unpaired) electrons. The highest BCUT2D eigenvalue weighted by molar-refractivity contribution is 5.94. The summed E-state index contributed by atoms with van der Waals surface area (Å²) in [4.78, 5) is 39.7. The van der Waals surface area contributed by atoms with Crippen LogP contribution < -0.4 is 5.56 Å². The second-order valence-corrected chi connectivity index (χ2v) is 7.96. The van der Waals surface area contributed by atoms with Crippen molar-refractivity contribution in [3.63, 3.8) is 0 Å². The number of hydrogen-bond acceptors (Lipinski definition) is 4. The minimum Gasteiger partial charge on any atom is -0.338 e. The molecular weight excluding hydrogens is 364 g/mol. The number of carbonyl (C=O) groups excluding carboxylic acids is 1. The quantitative estimate of drug-likeness (QED) is 0.734. The zero-order chi connectivity index (χ0) is 19.8. The highest BCUT2D eigenvalue weighted by atomic mass is 16.2. The Bertz CT molecular complexity index is 1110. The van der Waals surface area contributed by atoms with Crippen LogP contribution in [0.15, 0.2) is 59.7 Å². The van der Waals surface area contributed by atoms with Crippen LogP contribution in [0.25, 0.3) is 11.4 Å². The van der Waals surface area contributed by atoms with Crippen molar-refractivity contribution in [1.82, 2.24) is 19.9 Å². The van der Waals surface area contributed by atoms with Gasteiger partial charge in [-0.25, -0.2) is 4.98 Å². The van der Waals surface area contributed by atoms with Crippen LogP contribution in [-0.4, -0.2) is 38.8 Å². The van der Waals surface area contributed by atoms with E-state index in [0.717, 1.165) is 42.6 Å². The Morgan fingerprint density at radius 2 is 1.97 bits per heavy atom. The van der Waals surface area contributed by atoms with E-state index in [-0.39, 0.29) is 16.9 Å². The predicted octanol–water partition coefficient (Wildman–Crippen LogP) is 2.95. The lowest BCUT2D eigenvalue weighted by atomic mass is 9.77. The third-order valence-electron chi connectivity index (χ3n) is 6.19. The number of rotatable bonds is 2. The van der Waals surface area contributed by atoms with Gasteiger partial charge in [0.2, 0.25) is 0 Å². The smallest absolute Gasteiger partial charge is 0.254 e. The summed E-state index contributed by atoms with van der Waals surface area (Å²) < 4.78 is 0. The maximum atomic E-state index is 13.0. The first kappa shape index (κ1) is 17.8. The summed E-state index contributed by atoms with van der Waals surface area (Å²) in [5.41, 5.74) is 2.82. The molecule has 3 heterocycles. The maximum absolute atomic E-state index is 13.0. The summed E-state index contributed by atoms with van der Waals surface area (Å²) in [6, 6.07) is 13.1. The van der Waals surface area contributed by atoms with Crippen LogP contribution in [0.4, 0.5) is 0 Å². The molecule has 0 bridgehead atoms. The maximum Gasteiger partial charge on any atom is 0.254 e. The molecule has 1 atom stereocenters. The standard InChI is InChI=1S/C23H22N4O2/c28-21-18-9-11-23(19(18)25-20(26-21)17-8-4-12-24-14-17)10-5-13-27(15-23)22(29)16-6-2-1-3-7-16/h1-4,6-8,12,14H,5,9-11,13,15H2,(H,25,26,28). The topological polar surface area (TPSA) is 79.0 Å². The number of likely N-dealkylation sites (tertiary alicyclic amines) is 1. The molecule has 0 saturated carbocycles. The van der Waals surface area contributed by atoms with E-state index in [0.29, 0.717) is 24.4 Å². The minimum atomic E-state index is -0.247. The van der Waals surface area contributed by atoms with E-state index in [9.17, 15) is 9.59 Å². The van der Waals surface area contributed by atoms with Crippen molar-refractivity contribution < 1.29 is 4.79 Å².